The summed E-state index contributed by atoms with van der Waals surface area (Å²) in [4.78, 5) is 37.7. The van der Waals surface area contributed by atoms with Crippen LogP contribution in [-0.2, 0) is 9.53 Å². The van der Waals surface area contributed by atoms with Crippen LogP contribution in [0.25, 0.3) is 22.5 Å². The van der Waals surface area contributed by atoms with Crippen LogP contribution < -0.4 is 10.1 Å². The molecule has 2 N–H and O–H groups in total. The number of carbonyl (C=O) groups is 2. The number of rotatable bonds is 10. The van der Waals surface area contributed by atoms with E-state index in [1.54, 1.807) is 36.5 Å². The highest BCUT2D eigenvalue weighted by atomic mass is 35.5. The Morgan fingerprint density at radius 1 is 1.10 bits per heavy atom. The topological polar surface area (TPSA) is 114 Å². The predicted molar refractivity (Wildman–Crippen MR) is 163 cm³/mol. The van der Waals surface area contributed by atoms with Gasteiger partial charge >= 0.3 is 5.97 Å². The van der Waals surface area contributed by atoms with Crippen molar-refractivity contribution in [1.29, 1.82) is 0 Å². The number of esters is 1. The zero-order chi connectivity index (χ0) is 30.4. The first-order valence-electron chi connectivity index (χ1n) is 13.8. The molecule has 1 amide bonds. The average Bonchev–Trinajstić information content (AvgIpc) is 2.96. The third-order valence-corrected chi connectivity index (χ3v) is 7.91. The molecule has 0 saturated heterocycles. The van der Waals surface area contributed by atoms with Crippen LogP contribution in [0, 0.1) is 6.92 Å². The van der Waals surface area contributed by atoms with Crippen molar-refractivity contribution in [1.82, 2.24) is 20.2 Å². The highest BCUT2D eigenvalue weighted by Gasteiger charge is 2.44. The minimum Gasteiger partial charge on any atom is -0.492 e. The average molecular weight is 616 g/mol. The van der Waals surface area contributed by atoms with Crippen LogP contribution in [0.2, 0.25) is 10.0 Å². The number of nitrogens with zero attached hydrogens (tertiary/aromatic N) is 3. The Kier molecular flexibility index (Phi) is 10.4. The molecule has 2 aromatic heterocycles. The Bertz CT molecular complexity index is 1440. The number of aromatic nitrogens is 2. The van der Waals surface area contributed by atoms with E-state index < -0.39 is 23.5 Å². The van der Waals surface area contributed by atoms with Gasteiger partial charge in [-0.3, -0.25) is 9.78 Å². The number of benzene rings is 1. The summed E-state index contributed by atoms with van der Waals surface area (Å²) in [5.41, 5.74) is 1.96. The van der Waals surface area contributed by atoms with Gasteiger partial charge in [0.1, 0.15) is 17.0 Å². The molecule has 0 radical (unpaired) electrons. The molecule has 4 rings (SSSR count). The molecule has 2 heterocycles. The summed E-state index contributed by atoms with van der Waals surface area (Å²) in [5, 5.41) is 13.8. The zero-order valence-electron chi connectivity index (χ0n) is 24.2. The Morgan fingerprint density at radius 3 is 2.50 bits per heavy atom. The highest BCUT2D eigenvalue weighted by molar-refractivity contribution is 6.33. The number of aliphatic hydroxyl groups is 1. The van der Waals surface area contributed by atoms with Gasteiger partial charge in [0.25, 0.3) is 5.91 Å². The van der Waals surface area contributed by atoms with Gasteiger partial charge in [0, 0.05) is 23.9 Å². The lowest BCUT2D eigenvalue weighted by Gasteiger charge is -2.36. The standard InChI is InChI=1S/C31H36Cl2N4O5/c1-19-16-24(33)28(34-18-19)22-7-9-25(29(39)36-31(30(40)41-4)12-10-21(38)11-13-31)35-27(22)20-6-8-23(32)26(17-20)42-15-5-14-37(2)3/h6-9,16-18,21,38H,5,10-15H2,1-4H3,(H,36,39)/t21-,31-. The molecule has 1 aliphatic carbocycles. The smallest absolute Gasteiger partial charge is 0.331 e. The van der Waals surface area contributed by atoms with Gasteiger partial charge in [-0.2, -0.15) is 0 Å². The summed E-state index contributed by atoms with van der Waals surface area (Å²) in [6.07, 6.45) is 3.25. The fourth-order valence-electron chi connectivity index (χ4n) is 5.00. The molecule has 1 aromatic carbocycles. The monoisotopic (exact) mass is 614 g/mol. The Labute approximate surface area is 256 Å². The van der Waals surface area contributed by atoms with Crippen LogP contribution in [0.5, 0.6) is 5.75 Å². The third-order valence-electron chi connectivity index (χ3n) is 7.31. The third kappa shape index (κ3) is 7.39. The summed E-state index contributed by atoms with van der Waals surface area (Å²) in [6.45, 7) is 3.24. The van der Waals surface area contributed by atoms with Gasteiger partial charge in [-0.25, -0.2) is 9.78 Å². The summed E-state index contributed by atoms with van der Waals surface area (Å²) >= 11 is 13.1. The number of ether oxygens (including phenoxy) is 2. The van der Waals surface area contributed by atoms with E-state index in [4.69, 9.17) is 37.7 Å². The molecule has 1 fully saturated rings. The lowest BCUT2D eigenvalue weighted by molar-refractivity contribution is -0.150. The highest BCUT2D eigenvalue weighted by Crippen LogP contribution is 2.37. The second-order valence-electron chi connectivity index (χ2n) is 10.8. The second-order valence-corrected chi connectivity index (χ2v) is 11.7. The van der Waals surface area contributed by atoms with E-state index in [1.165, 1.54) is 7.11 Å². The van der Waals surface area contributed by atoms with Gasteiger partial charge in [0.2, 0.25) is 0 Å². The van der Waals surface area contributed by atoms with E-state index >= 15 is 0 Å². The van der Waals surface area contributed by atoms with Crippen molar-refractivity contribution < 1.29 is 24.2 Å². The van der Waals surface area contributed by atoms with Gasteiger partial charge in [-0.1, -0.05) is 29.3 Å². The summed E-state index contributed by atoms with van der Waals surface area (Å²) in [6, 6.07) is 10.4. The molecule has 0 spiro atoms. The maximum Gasteiger partial charge on any atom is 0.331 e. The Morgan fingerprint density at radius 2 is 1.83 bits per heavy atom. The van der Waals surface area contributed by atoms with Crippen LogP contribution in [0.15, 0.2) is 42.6 Å². The largest absolute Gasteiger partial charge is 0.492 e. The number of hydrogen-bond acceptors (Lipinski definition) is 8. The maximum atomic E-state index is 13.6. The molecule has 3 aromatic rings. The molecule has 0 bridgehead atoms. The number of hydrogen-bond donors (Lipinski definition) is 2. The quantitative estimate of drug-likeness (QED) is 0.232. The molecule has 0 unspecified atom stereocenters. The number of halogens is 2. The number of nitrogens with one attached hydrogen (secondary N) is 1. The van der Waals surface area contributed by atoms with E-state index in [-0.39, 0.29) is 18.5 Å². The van der Waals surface area contributed by atoms with E-state index in [9.17, 15) is 14.7 Å². The van der Waals surface area contributed by atoms with Gasteiger partial charge in [0.05, 0.1) is 41.3 Å². The molecule has 11 heteroatoms. The van der Waals surface area contributed by atoms with Crippen molar-refractivity contribution in [3.8, 4) is 28.3 Å². The molecule has 224 valence electrons. The zero-order valence-corrected chi connectivity index (χ0v) is 25.8. The summed E-state index contributed by atoms with van der Waals surface area (Å²) in [7, 11) is 5.28. The molecular formula is C31H36Cl2N4O5. The van der Waals surface area contributed by atoms with Crippen LogP contribution in [0.4, 0.5) is 0 Å². The van der Waals surface area contributed by atoms with E-state index in [1.807, 2.05) is 27.1 Å². The fourth-order valence-corrected chi connectivity index (χ4v) is 5.50. The SMILES string of the molecule is COC(=O)[C@]1(NC(=O)c2ccc(-c3ncc(C)cc3Cl)c(-c3ccc(Cl)c(OCCCN(C)C)c3)n2)CC[C@H](O)CC1. The number of pyridine rings is 2. The van der Waals surface area contributed by atoms with Crippen LogP contribution >= 0.6 is 23.2 Å². The van der Waals surface area contributed by atoms with Gasteiger partial charge in [0.15, 0.2) is 0 Å². The van der Waals surface area contributed by atoms with E-state index in [0.29, 0.717) is 57.8 Å². The maximum absolute atomic E-state index is 13.6. The number of amides is 1. The molecule has 0 aliphatic heterocycles. The van der Waals surface area contributed by atoms with Crippen LogP contribution in [-0.4, -0.2) is 77.9 Å². The number of aryl methyl sites for hydroxylation is 1. The minimum atomic E-state index is -1.25. The van der Waals surface area contributed by atoms with Crippen molar-refractivity contribution in [3.05, 3.63) is 63.9 Å². The minimum absolute atomic E-state index is 0.0924. The Balaban J connectivity index is 1.74. The Hall–Kier alpha value is -3.24. The first kappa shape index (κ1) is 31.7. The van der Waals surface area contributed by atoms with Crippen molar-refractivity contribution in [2.24, 2.45) is 0 Å². The first-order chi connectivity index (χ1) is 20.0. The van der Waals surface area contributed by atoms with E-state index in [2.05, 4.69) is 15.2 Å². The lowest BCUT2D eigenvalue weighted by Crippen LogP contribution is -2.57. The number of methoxy groups -OCH3 is 1. The summed E-state index contributed by atoms with van der Waals surface area (Å²) < 4.78 is 11.0. The normalized spacial score (nSPS) is 18.5. The van der Waals surface area contributed by atoms with Gasteiger partial charge in [-0.05, 0) is 89.0 Å². The second kappa shape index (κ2) is 13.8. The van der Waals surface area contributed by atoms with E-state index in [0.717, 1.165) is 18.5 Å². The first-order valence-corrected chi connectivity index (χ1v) is 14.6. The van der Waals surface area contributed by atoms with Crippen LogP contribution in [0.3, 0.4) is 0 Å². The molecular weight excluding hydrogens is 579 g/mol. The summed E-state index contributed by atoms with van der Waals surface area (Å²) in [5.74, 6) is -0.602. The molecule has 42 heavy (non-hydrogen) atoms. The number of carbonyl (C=O) groups excluding carboxylic acids is 2. The molecule has 1 saturated carbocycles. The van der Waals surface area contributed by atoms with Crippen molar-refractivity contribution in [2.45, 2.75) is 50.7 Å². The predicted octanol–water partition coefficient (Wildman–Crippen LogP) is 5.33. The molecule has 1 aliphatic rings. The van der Waals surface area contributed by atoms with Gasteiger partial charge in [-0.15, -0.1) is 0 Å². The van der Waals surface area contributed by atoms with Crippen molar-refractivity contribution in [2.75, 3.05) is 34.4 Å². The van der Waals surface area contributed by atoms with Crippen molar-refractivity contribution in [3.63, 3.8) is 0 Å². The van der Waals surface area contributed by atoms with Gasteiger partial charge < -0.3 is 24.8 Å². The molecule has 9 nitrogen and oxygen atoms in total. The number of aliphatic hydroxyl groups excluding tert-OH is 1. The lowest BCUT2D eigenvalue weighted by atomic mass is 9.80. The van der Waals surface area contributed by atoms with Crippen LogP contribution in [0.1, 0.15) is 48.2 Å². The fraction of sp³-hybridized carbons (Fsp3) is 0.419. The molecule has 0 atom stereocenters. The van der Waals surface area contributed by atoms with Crippen molar-refractivity contribution >= 4 is 35.1 Å².